The molecule has 1 aromatic rings. The number of hydrogen-bond donors (Lipinski definition) is 0. The number of aromatic nitrogens is 1. The Morgan fingerprint density at radius 3 is 2.32 bits per heavy atom. The summed E-state index contributed by atoms with van der Waals surface area (Å²) in [5.41, 5.74) is 0.354. The van der Waals surface area contributed by atoms with Crippen LogP contribution in [0.4, 0.5) is 4.39 Å². The Bertz CT molecular complexity index is 498. The number of aryl methyl sites for hydroxylation is 1. The van der Waals surface area contributed by atoms with Crippen LogP contribution in [0, 0.1) is 12.7 Å². The zero-order valence-corrected chi connectivity index (χ0v) is 12.0. The molecule has 0 aromatic carbocycles. The van der Waals surface area contributed by atoms with Crippen molar-refractivity contribution in [3.8, 4) is 0 Å². The van der Waals surface area contributed by atoms with Crippen molar-refractivity contribution in [3.63, 3.8) is 0 Å². The van der Waals surface area contributed by atoms with Gasteiger partial charge in [0.05, 0.1) is 16.9 Å². The molecule has 1 aliphatic rings. The first-order chi connectivity index (χ1) is 8.71. The summed E-state index contributed by atoms with van der Waals surface area (Å²) >= 11 is 0. The SMILES string of the molecule is Cc1cnc(/C=C/B2OC(C)(C)C(C)(C)O2)cc1F. The van der Waals surface area contributed by atoms with E-state index in [4.69, 9.17) is 9.31 Å². The molecule has 3 nitrogen and oxygen atoms in total. The van der Waals surface area contributed by atoms with Gasteiger partial charge in [-0.05, 0) is 46.8 Å². The molecule has 0 unspecified atom stereocenters. The van der Waals surface area contributed by atoms with Crippen LogP contribution in [0.2, 0.25) is 0 Å². The Hall–Kier alpha value is -1.20. The molecule has 0 spiro atoms. The van der Waals surface area contributed by atoms with Gasteiger partial charge in [0.2, 0.25) is 0 Å². The molecule has 0 N–H and O–H groups in total. The number of rotatable bonds is 2. The van der Waals surface area contributed by atoms with E-state index >= 15 is 0 Å². The van der Waals surface area contributed by atoms with E-state index < -0.39 is 7.12 Å². The average molecular weight is 263 g/mol. The summed E-state index contributed by atoms with van der Waals surface area (Å²) in [5, 5.41) is 0. The fourth-order valence-corrected chi connectivity index (χ4v) is 1.75. The van der Waals surface area contributed by atoms with Crippen LogP contribution in [-0.2, 0) is 9.31 Å². The fourth-order valence-electron chi connectivity index (χ4n) is 1.75. The molecule has 1 aromatic heterocycles. The van der Waals surface area contributed by atoms with Gasteiger partial charge < -0.3 is 9.31 Å². The van der Waals surface area contributed by atoms with Gasteiger partial charge in [0.15, 0.2) is 0 Å². The van der Waals surface area contributed by atoms with Gasteiger partial charge in [0.25, 0.3) is 0 Å². The Labute approximate surface area is 114 Å². The molecule has 0 aliphatic carbocycles. The van der Waals surface area contributed by atoms with Crippen LogP contribution in [0.3, 0.4) is 0 Å². The van der Waals surface area contributed by atoms with Gasteiger partial charge in [-0.1, -0.05) is 5.98 Å². The van der Waals surface area contributed by atoms with Crippen molar-refractivity contribution in [2.45, 2.75) is 45.8 Å². The van der Waals surface area contributed by atoms with Gasteiger partial charge in [-0.25, -0.2) is 4.39 Å². The van der Waals surface area contributed by atoms with Crippen LogP contribution in [0.15, 0.2) is 18.2 Å². The summed E-state index contributed by atoms with van der Waals surface area (Å²) in [6.45, 7) is 9.65. The van der Waals surface area contributed by atoms with Crippen LogP contribution >= 0.6 is 0 Å². The fraction of sp³-hybridized carbons (Fsp3) is 0.500. The van der Waals surface area contributed by atoms with E-state index in [1.807, 2.05) is 27.7 Å². The molecule has 102 valence electrons. The Morgan fingerprint density at radius 2 is 1.79 bits per heavy atom. The smallest absolute Gasteiger partial charge is 0.400 e. The second-order valence-electron chi connectivity index (χ2n) is 5.84. The Kier molecular flexibility index (Phi) is 3.54. The van der Waals surface area contributed by atoms with Crippen molar-refractivity contribution in [3.05, 3.63) is 35.3 Å². The third kappa shape index (κ3) is 2.87. The van der Waals surface area contributed by atoms with E-state index in [-0.39, 0.29) is 17.0 Å². The molecule has 1 saturated heterocycles. The maximum atomic E-state index is 13.4. The maximum Gasteiger partial charge on any atom is 0.487 e. The van der Waals surface area contributed by atoms with Crippen molar-refractivity contribution in [2.75, 3.05) is 0 Å². The van der Waals surface area contributed by atoms with E-state index in [0.717, 1.165) is 0 Å². The van der Waals surface area contributed by atoms with E-state index in [1.165, 1.54) is 12.3 Å². The first kappa shape index (κ1) is 14.2. The maximum absolute atomic E-state index is 13.4. The predicted octanol–water partition coefficient (Wildman–Crippen LogP) is 3.17. The van der Waals surface area contributed by atoms with Crippen LogP contribution in [-0.4, -0.2) is 23.3 Å². The van der Waals surface area contributed by atoms with Gasteiger partial charge in [-0.2, -0.15) is 0 Å². The molecule has 2 heterocycles. The van der Waals surface area contributed by atoms with E-state index in [2.05, 4.69) is 4.98 Å². The number of nitrogens with zero attached hydrogens (tertiary/aromatic N) is 1. The monoisotopic (exact) mass is 263 g/mol. The molecular weight excluding hydrogens is 244 g/mol. The number of pyridine rings is 1. The molecule has 0 radical (unpaired) electrons. The zero-order chi connectivity index (χ0) is 14.3. The minimum absolute atomic E-state index is 0.261. The van der Waals surface area contributed by atoms with E-state index in [9.17, 15) is 4.39 Å². The molecule has 1 aliphatic heterocycles. The van der Waals surface area contributed by atoms with Crippen LogP contribution < -0.4 is 0 Å². The van der Waals surface area contributed by atoms with Gasteiger partial charge in [-0.15, -0.1) is 0 Å². The van der Waals surface area contributed by atoms with Gasteiger partial charge in [-0.3, -0.25) is 4.98 Å². The summed E-state index contributed by atoms with van der Waals surface area (Å²) in [5.74, 6) is 1.50. The topological polar surface area (TPSA) is 31.4 Å². The van der Waals surface area contributed by atoms with Crippen molar-refractivity contribution >= 4 is 13.2 Å². The molecule has 0 amide bonds. The van der Waals surface area contributed by atoms with Crippen LogP contribution in [0.25, 0.3) is 6.08 Å². The Morgan fingerprint density at radius 1 is 1.21 bits per heavy atom. The number of hydrogen-bond acceptors (Lipinski definition) is 3. The first-order valence-electron chi connectivity index (χ1n) is 6.37. The summed E-state index contributed by atoms with van der Waals surface area (Å²) < 4.78 is 25.0. The molecule has 0 saturated carbocycles. The quantitative estimate of drug-likeness (QED) is 0.768. The standard InChI is InChI=1S/C14H19BFNO2/c1-10-9-17-11(8-12(10)16)6-7-15-18-13(2,3)14(4,5)19-15/h6-9H,1-5H3/b7-6+. The molecular formula is C14H19BFNO2. The van der Waals surface area contributed by atoms with Crippen LogP contribution in [0.1, 0.15) is 39.0 Å². The number of halogens is 1. The highest BCUT2D eigenvalue weighted by Gasteiger charge is 2.49. The average Bonchev–Trinajstić information content (AvgIpc) is 2.49. The largest absolute Gasteiger partial charge is 0.487 e. The summed E-state index contributed by atoms with van der Waals surface area (Å²) in [7, 11) is -0.434. The molecule has 0 atom stereocenters. The first-order valence-corrected chi connectivity index (χ1v) is 6.37. The highest BCUT2D eigenvalue weighted by Crippen LogP contribution is 2.36. The van der Waals surface area contributed by atoms with Crippen LogP contribution in [0.5, 0.6) is 0 Å². The lowest BCUT2D eigenvalue weighted by Crippen LogP contribution is -2.41. The van der Waals surface area contributed by atoms with Crippen molar-refractivity contribution in [1.29, 1.82) is 0 Å². The molecule has 0 bridgehead atoms. The van der Waals surface area contributed by atoms with Crippen molar-refractivity contribution in [2.24, 2.45) is 0 Å². The molecule has 19 heavy (non-hydrogen) atoms. The highest BCUT2D eigenvalue weighted by molar-refractivity contribution is 6.52. The third-order valence-electron chi connectivity index (χ3n) is 3.75. The normalized spacial score (nSPS) is 21.3. The highest BCUT2D eigenvalue weighted by atomic mass is 19.1. The van der Waals surface area contributed by atoms with E-state index in [1.54, 1.807) is 19.0 Å². The molecule has 5 heteroatoms. The lowest BCUT2D eigenvalue weighted by atomic mass is 9.89. The van der Waals surface area contributed by atoms with Gasteiger partial charge in [0.1, 0.15) is 5.82 Å². The minimum Gasteiger partial charge on any atom is -0.400 e. The lowest BCUT2D eigenvalue weighted by Gasteiger charge is -2.32. The van der Waals surface area contributed by atoms with Crippen molar-refractivity contribution in [1.82, 2.24) is 4.98 Å². The minimum atomic E-state index is -0.434. The second-order valence-corrected chi connectivity index (χ2v) is 5.84. The zero-order valence-electron chi connectivity index (χ0n) is 12.0. The predicted molar refractivity (Wildman–Crippen MR) is 74.0 cm³/mol. The van der Waals surface area contributed by atoms with Crippen molar-refractivity contribution < 1.29 is 13.7 Å². The second kappa shape index (κ2) is 4.73. The summed E-state index contributed by atoms with van der Waals surface area (Å²) in [4.78, 5) is 4.13. The molecule has 2 rings (SSSR count). The van der Waals surface area contributed by atoms with Gasteiger partial charge in [0, 0.05) is 11.8 Å². The van der Waals surface area contributed by atoms with Gasteiger partial charge >= 0.3 is 7.12 Å². The summed E-state index contributed by atoms with van der Waals surface area (Å²) in [6, 6.07) is 1.40. The lowest BCUT2D eigenvalue weighted by molar-refractivity contribution is 0.00578. The third-order valence-corrected chi connectivity index (χ3v) is 3.75. The Balaban J connectivity index is 2.10. The molecule has 1 fully saturated rings. The summed E-state index contributed by atoms with van der Waals surface area (Å²) in [6.07, 6.45) is 3.23. The van der Waals surface area contributed by atoms with E-state index in [0.29, 0.717) is 11.3 Å².